The molecular formula is C14H13ClN2O3S. The lowest BCUT2D eigenvalue weighted by molar-refractivity contribution is -0.145. The minimum Gasteiger partial charge on any atom is -0.481 e. The van der Waals surface area contributed by atoms with Crippen molar-refractivity contribution in [3.63, 3.8) is 0 Å². The van der Waals surface area contributed by atoms with Gasteiger partial charge >= 0.3 is 5.97 Å². The molecule has 1 fully saturated rings. The molecule has 0 radical (unpaired) electrons. The predicted molar refractivity (Wildman–Crippen MR) is 81.7 cm³/mol. The largest absolute Gasteiger partial charge is 0.481 e. The zero-order chi connectivity index (χ0) is 15.0. The van der Waals surface area contributed by atoms with E-state index in [4.69, 9.17) is 11.6 Å². The average molecular weight is 325 g/mol. The second kappa shape index (κ2) is 5.61. The van der Waals surface area contributed by atoms with E-state index in [9.17, 15) is 14.7 Å². The van der Waals surface area contributed by atoms with Gasteiger partial charge in [-0.05, 0) is 25.0 Å². The number of amides is 1. The molecule has 1 aliphatic rings. The van der Waals surface area contributed by atoms with Gasteiger partial charge in [-0.2, -0.15) is 0 Å². The summed E-state index contributed by atoms with van der Waals surface area (Å²) in [6.45, 7) is 0. The van der Waals surface area contributed by atoms with Gasteiger partial charge in [0.05, 0.1) is 32.8 Å². The van der Waals surface area contributed by atoms with Crippen LogP contribution in [-0.4, -0.2) is 22.0 Å². The van der Waals surface area contributed by atoms with Crippen molar-refractivity contribution < 1.29 is 14.7 Å². The van der Waals surface area contributed by atoms with Crippen molar-refractivity contribution in [1.29, 1.82) is 0 Å². The van der Waals surface area contributed by atoms with Crippen molar-refractivity contribution in [2.45, 2.75) is 19.3 Å². The van der Waals surface area contributed by atoms with E-state index in [0.29, 0.717) is 29.1 Å². The lowest BCUT2D eigenvalue weighted by atomic mass is 9.95. The van der Waals surface area contributed by atoms with E-state index < -0.39 is 17.8 Å². The molecule has 0 bridgehead atoms. The van der Waals surface area contributed by atoms with Crippen LogP contribution in [0.3, 0.4) is 0 Å². The third-order valence-corrected chi connectivity index (χ3v) is 4.98. The Balaban J connectivity index is 1.88. The van der Waals surface area contributed by atoms with Crippen LogP contribution in [0.1, 0.15) is 19.3 Å². The van der Waals surface area contributed by atoms with Crippen LogP contribution < -0.4 is 5.32 Å². The Hall–Kier alpha value is -1.66. The number of aromatic nitrogens is 1. The number of carbonyl (C=O) groups excluding carboxylic acids is 1. The first-order valence-corrected chi connectivity index (χ1v) is 7.89. The Morgan fingerprint density at radius 1 is 1.33 bits per heavy atom. The number of benzene rings is 1. The van der Waals surface area contributed by atoms with Crippen LogP contribution in [0.15, 0.2) is 17.6 Å². The number of aliphatic carboxylic acids is 1. The molecular weight excluding hydrogens is 312 g/mol. The van der Waals surface area contributed by atoms with Gasteiger partial charge in [-0.3, -0.25) is 9.59 Å². The van der Waals surface area contributed by atoms with Gasteiger partial charge in [0.2, 0.25) is 5.91 Å². The first kappa shape index (κ1) is 14.3. The molecule has 2 N–H and O–H groups in total. The molecule has 2 atom stereocenters. The maximum atomic E-state index is 12.4. The fraction of sp³-hybridized carbons (Fsp3) is 0.357. The van der Waals surface area contributed by atoms with Gasteiger partial charge in [0.1, 0.15) is 5.52 Å². The van der Waals surface area contributed by atoms with E-state index in [2.05, 4.69) is 10.3 Å². The highest BCUT2D eigenvalue weighted by molar-refractivity contribution is 7.16. The van der Waals surface area contributed by atoms with Crippen LogP contribution in [0.2, 0.25) is 5.02 Å². The Morgan fingerprint density at radius 2 is 2.10 bits per heavy atom. The van der Waals surface area contributed by atoms with Crippen molar-refractivity contribution in [1.82, 2.24) is 4.98 Å². The summed E-state index contributed by atoms with van der Waals surface area (Å²) in [7, 11) is 0. The second-order valence-electron chi connectivity index (χ2n) is 5.09. The molecule has 3 rings (SSSR count). The number of carbonyl (C=O) groups is 2. The molecule has 2 unspecified atom stereocenters. The normalized spacial score (nSPS) is 21.6. The zero-order valence-electron chi connectivity index (χ0n) is 11.0. The van der Waals surface area contributed by atoms with Crippen LogP contribution in [0.4, 0.5) is 5.69 Å². The van der Waals surface area contributed by atoms with E-state index in [0.717, 1.165) is 11.1 Å². The monoisotopic (exact) mass is 324 g/mol. The van der Waals surface area contributed by atoms with Crippen LogP contribution in [0, 0.1) is 11.8 Å². The summed E-state index contributed by atoms with van der Waals surface area (Å²) >= 11 is 7.60. The maximum absolute atomic E-state index is 12.4. The van der Waals surface area contributed by atoms with Gasteiger partial charge in [-0.15, -0.1) is 11.3 Å². The lowest BCUT2D eigenvalue weighted by Gasteiger charge is -2.16. The van der Waals surface area contributed by atoms with E-state index in [1.165, 1.54) is 11.3 Å². The smallest absolute Gasteiger partial charge is 0.307 e. The van der Waals surface area contributed by atoms with E-state index in [-0.39, 0.29) is 5.91 Å². The average Bonchev–Trinajstić information content (AvgIpc) is 3.09. The molecule has 0 aliphatic heterocycles. The predicted octanol–water partition coefficient (Wildman–Crippen LogP) is 3.39. The highest BCUT2D eigenvalue weighted by Gasteiger charge is 2.38. The number of halogens is 1. The SMILES string of the molecule is O=C(O)C1CCCC1C(=O)Nc1c(Cl)ccc2scnc12. The second-order valence-corrected chi connectivity index (χ2v) is 6.39. The molecule has 1 aromatic heterocycles. The first-order chi connectivity index (χ1) is 10.1. The number of carboxylic acid groups (broad SMARTS) is 1. The van der Waals surface area contributed by atoms with Crippen molar-refractivity contribution in [2.24, 2.45) is 11.8 Å². The lowest BCUT2D eigenvalue weighted by Crippen LogP contribution is -2.30. The Bertz CT molecular complexity index is 715. The number of carboxylic acids is 1. The molecule has 7 heteroatoms. The van der Waals surface area contributed by atoms with Gasteiger partial charge in [0.25, 0.3) is 0 Å². The fourth-order valence-electron chi connectivity index (χ4n) is 2.81. The molecule has 1 aromatic carbocycles. The van der Waals surface area contributed by atoms with Crippen molar-refractivity contribution in [3.8, 4) is 0 Å². The number of anilines is 1. The molecule has 110 valence electrons. The molecule has 1 saturated carbocycles. The van der Waals surface area contributed by atoms with Crippen LogP contribution in [-0.2, 0) is 9.59 Å². The molecule has 2 aromatic rings. The summed E-state index contributed by atoms with van der Waals surface area (Å²) in [4.78, 5) is 27.8. The topological polar surface area (TPSA) is 79.3 Å². The number of hydrogen-bond donors (Lipinski definition) is 2. The standard InChI is InChI=1S/C14H13ClN2O3S/c15-9-4-5-10-12(16-6-21-10)11(9)17-13(18)7-2-1-3-8(7)14(19)20/h4-8H,1-3H2,(H,17,18)(H,19,20). The number of hydrogen-bond acceptors (Lipinski definition) is 4. The van der Waals surface area contributed by atoms with Crippen LogP contribution in [0.5, 0.6) is 0 Å². The number of nitrogens with one attached hydrogen (secondary N) is 1. The third kappa shape index (κ3) is 2.61. The highest BCUT2D eigenvalue weighted by Crippen LogP contribution is 2.36. The van der Waals surface area contributed by atoms with Gasteiger partial charge in [-0.25, -0.2) is 4.98 Å². The number of rotatable bonds is 3. The van der Waals surface area contributed by atoms with Crippen molar-refractivity contribution in [3.05, 3.63) is 22.7 Å². The summed E-state index contributed by atoms with van der Waals surface area (Å²) in [5.41, 5.74) is 2.80. The number of nitrogens with zero attached hydrogens (tertiary/aromatic N) is 1. The molecule has 5 nitrogen and oxygen atoms in total. The fourth-order valence-corrected chi connectivity index (χ4v) is 3.70. The summed E-state index contributed by atoms with van der Waals surface area (Å²) in [5.74, 6) is -2.32. The van der Waals surface area contributed by atoms with Gasteiger partial charge in [0.15, 0.2) is 0 Å². The molecule has 1 aliphatic carbocycles. The van der Waals surface area contributed by atoms with Crippen molar-refractivity contribution >= 4 is 50.7 Å². The van der Waals surface area contributed by atoms with E-state index >= 15 is 0 Å². The first-order valence-electron chi connectivity index (χ1n) is 6.63. The molecule has 1 amide bonds. The quantitative estimate of drug-likeness (QED) is 0.907. The van der Waals surface area contributed by atoms with Crippen molar-refractivity contribution in [2.75, 3.05) is 5.32 Å². The molecule has 21 heavy (non-hydrogen) atoms. The molecule has 0 saturated heterocycles. The number of thiazole rings is 1. The highest BCUT2D eigenvalue weighted by atomic mass is 35.5. The summed E-state index contributed by atoms with van der Waals surface area (Å²) in [6, 6.07) is 3.56. The summed E-state index contributed by atoms with van der Waals surface area (Å²) in [5, 5.41) is 12.4. The van der Waals surface area contributed by atoms with Gasteiger partial charge < -0.3 is 10.4 Å². The minimum atomic E-state index is -0.911. The Kier molecular flexibility index (Phi) is 3.82. The maximum Gasteiger partial charge on any atom is 0.307 e. The van der Waals surface area contributed by atoms with E-state index in [1.807, 2.05) is 6.07 Å². The van der Waals surface area contributed by atoms with E-state index in [1.54, 1.807) is 11.6 Å². The molecule has 1 heterocycles. The third-order valence-electron chi connectivity index (χ3n) is 3.87. The van der Waals surface area contributed by atoms with Gasteiger partial charge in [0, 0.05) is 0 Å². The minimum absolute atomic E-state index is 0.290. The zero-order valence-corrected chi connectivity index (χ0v) is 12.6. The number of fused-ring (bicyclic) bond motifs is 1. The van der Waals surface area contributed by atoms with Gasteiger partial charge in [-0.1, -0.05) is 18.0 Å². The summed E-state index contributed by atoms with van der Waals surface area (Å²) in [6.07, 6.45) is 1.89. The summed E-state index contributed by atoms with van der Waals surface area (Å²) < 4.78 is 0.927. The molecule has 0 spiro atoms. The Morgan fingerprint density at radius 3 is 2.86 bits per heavy atom. The van der Waals surface area contributed by atoms with Crippen LogP contribution >= 0.6 is 22.9 Å². The van der Waals surface area contributed by atoms with Crippen LogP contribution in [0.25, 0.3) is 10.2 Å². The Labute approximate surface area is 129 Å².